The number of amides is 3. The summed E-state index contributed by atoms with van der Waals surface area (Å²) >= 11 is 0.967. The zero-order valence-corrected chi connectivity index (χ0v) is 18.3. The quantitative estimate of drug-likeness (QED) is 0.648. The van der Waals surface area contributed by atoms with Crippen molar-refractivity contribution in [2.24, 2.45) is 0 Å². The van der Waals surface area contributed by atoms with Crippen molar-refractivity contribution in [3.63, 3.8) is 0 Å². The number of ether oxygens (including phenoxy) is 2. The van der Waals surface area contributed by atoms with Gasteiger partial charge in [-0.15, -0.1) is 0 Å². The van der Waals surface area contributed by atoms with Crippen LogP contribution in [0.3, 0.4) is 0 Å². The number of nitrogens with zero attached hydrogens (tertiary/aromatic N) is 2. The smallest absolute Gasteiger partial charge is 0.291 e. The number of hydrogen-bond donors (Lipinski definition) is 0. The van der Waals surface area contributed by atoms with Gasteiger partial charge in [-0.3, -0.25) is 14.4 Å². The Balaban J connectivity index is 1.44. The van der Waals surface area contributed by atoms with E-state index >= 15 is 0 Å². The molecule has 0 aromatic heterocycles. The minimum Gasteiger partial charge on any atom is -0.472 e. The average Bonchev–Trinajstić information content (AvgIpc) is 3.11. The van der Waals surface area contributed by atoms with Gasteiger partial charge in [0.15, 0.2) is 13.0 Å². The van der Waals surface area contributed by atoms with Gasteiger partial charge in [-0.05, 0) is 23.6 Å². The number of rotatable bonds is 7. The van der Waals surface area contributed by atoms with Crippen molar-refractivity contribution in [3.8, 4) is 5.75 Å². The van der Waals surface area contributed by atoms with Gasteiger partial charge >= 0.3 is 0 Å². The summed E-state index contributed by atoms with van der Waals surface area (Å²) in [6.45, 7) is 4.73. The second-order valence-electron chi connectivity index (χ2n) is 7.70. The van der Waals surface area contributed by atoms with Gasteiger partial charge < -0.3 is 14.4 Å². The van der Waals surface area contributed by atoms with Gasteiger partial charge in [0.25, 0.3) is 11.1 Å². The molecule has 0 radical (unpaired) electrons. The van der Waals surface area contributed by atoms with Crippen LogP contribution in [-0.4, -0.2) is 52.5 Å². The molecule has 2 aliphatic heterocycles. The maximum atomic E-state index is 12.9. The minimum atomic E-state index is -0.821. The molecule has 162 valence electrons. The maximum absolute atomic E-state index is 12.9. The molecule has 4 rings (SSSR count). The summed E-state index contributed by atoms with van der Waals surface area (Å²) in [4.78, 5) is 40.1. The largest absolute Gasteiger partial charge is 0.472 e. The van der Waals surface area contributed by atoms with Crippen molar-refractivity contribution in [1.29, 1.82) is 0 Å². The molecular weight excluding hydrogens is 416 g/mol. The Bertz CT molecular complexity index is 979. The molecule has 1 unspecified atom stereocenters. The van der Waals surface area contributed by atoms with E-state index in [-0.39, 0.29) is 42.7 Å². The van der Waals surface area contributed by atoms with Gasteiger partial charge in [0, 0.05) is 12.1 Å². The van der Waals surface area contributed by atoms with E-state index in [0.29, 0.717) is 22.8 Å². The SMILES string of the molecule is CC(C)c1ccc2c(c1)OCN(CCOC(c1ccccc1)N1C(=O)CSC1=O)C2=O. The summed E-state index contributed by atoms with van der Waals surface area (Å²) in [5.41, 5.74) is 2.35. The van der Waals surface area contributed by atoms with Crippen molar-refractivity contribution in [2.45, 2.75) is 26.0 Å². The third-order valence-electron chi connectivity index (χ3n) is 5.31. The molecule has 2 aromatic carbocycles. The Morgan fingerprint density at radius 2 is 1.84 bits per heavy atom. The molecule has 2 aliphatic rings. The first-order chi connectivity index (χ1) is 15.0. The van der Waals surface area contributed by atoms with Gasteiger partial charge in [-0.2, -0.15) is 0 Å². The summed E-state index contributed by atoms with van der Waals surface area (Å²) in [6.07, 6.45) is -0.821. The predicted octanol–water partition coefficient (Wildman–Crippen LogP) is 4.01. The predicted molar refractivity (Wildman–Crippen MR) is 117 cm³/mol. The van der Waals surface area contributed by atoms with E-state index in [4.69, 9.17) is 9.47 Å². The molecule has 1 saturated heterocycles. The van der Waals surface area contributed by atoms with Gasteiger partial charge in [0.05, 0.1) is 17.9 Å². The second kappa shape index (κ2) is 9.11. The van der Waals surface area contributed by atoms with Crippen molar-refractivity contribution in [1.82, 2.24) is 9.80 Å². The monoisotopic (exact) mass is 440 g/mol. The van der Waals surface area contributed by atoms with Crippen molar-refractivity contribution >= 4 is 28.8 Å². The van der Waals surface area contributed by atoms with Crippen LogP contribution >= 0.6 is 11.8 Å². The molecule has 0 N–H and O–H groups in total. The molecule has 8 heteroatoms. The summed E-state index contributed by atoms with van der Waals surface area (Å²) in [7, 11) is 0. The highest BCUT2D eigenvalue weighted by Gasteiger charge is 2.37. The van der Waals surface area contributed by atoms with Crippen LogP contribution in [0.5, 0.6) is 5.75 Å². The molecule has 1 fully saturated rings. The van der Waals surface area contributed by atoms with Crippen LogP contribution in [0.4, 0.5) is 4.79 Å². The van der Waals surface area contributed by atoms with E-state index in [1.54, 1.807) is 11.0 Å². The number of carbonyl (C=O) groups excluding carboxylic acids is 3. The Hall–Kier alpha value is -2.84. The van der Waals surface area contributed by atoms with Crippen LogP contribution in [0.1, 0.15) is 47.5 Å². The zero-order chi connectivity index (χ0) is 22.0. The third kappa shape index (κ3) is 4.45. The molecule has 2 aromatic rings. The lowest BCUT2D eigenvalue weighted by Crippen LogP contribution is -2.42. The van der Waals surface area contributed by atoms with Crippen molar-refractivity contribution in [3.05, 3.63) is 65.2 Å². The van der Waals surface area contributed by atoms with Crippen LogP contribution in [0, 0.1) is 0 Å². The van der Waals surface area contributed by atoms with Crippen LogP contribution in [0.25, 0.3) is 0 Å². The number of fused-ring (bicyclic) bond motifs is 1. The highest BCUT2D eigenvalue weighted by molar-refractivity contribution is 8.14. The molecule has 0 bridgehead atoms. The first-order valence-electron chi connectivity index (χ1n) is 10.2. The van der Waals surface area contributed by atoms with E-state index in [9.17, 15) is 14.4 Å². The fourth-order valence-electron chi connectivity index (χ4n) is 3.54. The Kier molecular flexibility index (Phi) is 6.29. The van der Waals surface area contributed by atoms with Gasteiger partial charge in [-0.1, -0.05) is 62.0 Å². The number of carbonyl (C=O) groups is 3. The standard InChI is InChI=1S/C23H24N2O5S/c1-15(2)17-8-9-18-19(12-17)30-14-24(21(18)27)10-11-29-22(16-6-4-3-5-7-16)25-20(26)13-31-23(25)28/h3-9,12,15,22H,10-11,13-14H2,1-2H3. The third-order valence-corrected chi connectivity index (χ3v) is 6.14. The zero-order valence-electron chi connectivity index (χ0n) is 17.4. The molecule has 3 amide bonds. The fourth-order valence-corrected chi connectivity index (χ4v) is 4.26. The van der Waals surface area contributed by atoms with Gasteiger partial charge in [0.2, 0.25) is 5.91 Å². The molecule has 2 heterocycles. The highest BCUT2D eigenvalue weighted by Crippen LogP contribution is 2.32. The first-order valence-corrected chi connectivity index (χ1v) is 11.2. The van der Waals surface area contributed by atoms with Crippen LogP contribution in [0.2, 0.25) is 0 Å². The lowest BCUT2D eigenvalue weighted by molar-refractivity contribution is -0.136. The summed E-state index contributed by atoms with van der Waals surface area (Å²) in [5, 5.41) is -0.328. The minimum absolute atomic E-state index is 0.110. The average molecular weight is 441 g/mol. The van der Waals surface area contributed by atoms with E-state index in [1.165, 1.54) is 0 Å². The van der Waals surface area contributed by atoms with Crippen molar-refractivity contribution < 1.29 is 23.9 Å². The lowest BCUT2D eigenvalue weighted by atomic mass is 10.00. The Labute approximate surface area is 185 Å². The van der Waals surface area contributed by atoms with E-state index in [2.05, 4.69) is 13.8 Å². The molecule has 0 aliphatic carbocycles. The van der Waals surface area contributed by atoms with Crippen LogP contribution in [0.15, 0.2) is 48.5 Å². The van der Waals surface area contributed by atoms with Crippen molar-refractivity contribution in [2.75, 3.05) is 25.6 Å². The normalized spacial score (nSPS) is 17.2. The fraction of sp³-hybridized carbons (Fsp3) is 0.348. The number of imide groups is 1. The number of thioether (sulfide) groups is 1. The molecule has 31 heavy (non-hydrogen) atoms. The Morgan fingerprint density at radius 1 is 1.06 bits per heavy atom. The summed E-state index contributed by atoms with van der Waals surface area (Å²) in [6, 6.07) is 14.8. The summed E-state index contributed by atoms with van der Waals surface area (Å²) < 4.78 is 11.8. The summed E-state index contributed by atoms with van der Waals surface area (Å²) in [5.74, 6) is 0.649. The van der Waals surface area contributed by atoms with Crippen LogP contribution in [-0.2, 0) is 9.53 Å². The van der Waals surface area contributed by atoms with E-state index in [0.717, 1.165) is 22.2 Å². The van der Waals surface area contributed by atoms with Crippen LogP contribution < -0.4 is 4.74 Å². The van der Waals surface area contributed by atoms with Gasteiger partial charge in [0.1, 0.15) is 5.75 Å². The molecular formula is C23H24N2O5S. The Morgan fingerprint density at radius 3 is 2.52 bits per heavy atom. The number of benzene rings is 2. The van der Waals surface area contributed by atoms with E-state index in [1.807, 2.05) is 42.5 Å². The molecule has 1 atom stereocenters. The highest BCUT2D eigenvalue weighted by atomic mass is 32.2. The van der Waals surface area contributed by atoms with E-state index < -0.39 is 6.23 Å². The molecule has 0 saturated carbocycles. The maximum Gasteiger partial charge on any atom is 0.291 e. The van der Waals surface area contributed by atoms with Gasteiger partial charge in [-0.25, -0.2) is 4.90 Å². The second-order valence-corrected chi connectivity index (χ2v) is 8.63. The first kappa shape index (κ1) is 21.4. The topological polar surface area (TPSA) is 76.2 Å². The molecule has 0 spiro atoms. The lowest BCUT2D eigenvalue weighted by Gasteiger charge is -2.31. The number of hydrogen-bond acceptors (Lipinski definition) is 6. The molecule has 7 nitrogen and oxygen atoms in total.